The van der Waals surface area contributed by atoms with E-state index in [-0.39, 0.29) is 37.2 Å². The molecule has 1 unspecified atom stereocenters. The normalized spacial score (nSPS) is 33.5. The lowest BCUT2D eigenvalue weighted by atomic mass is 9.85. The lowest BCUT2D eigenvalue weighted by Crippen LogP contribution is -2.44. The molecule has 0 N–H and O–H groups in total. The summed E-state index contributed by atoms with van der Waals surface area (Å²) in [6.07, 6.45) is 8.08. The van der Waals surface area contributed by atoms with E-state index in [0.717, 1.165) is 5.92 Å². The average molecular weight is 339 g/mol. The second kappa shape index (κ2) is 6.69. The zero-order valence-electron chi connectivity index (χ0n) is 11.4. The van der Waals surface area contributed by atoms with Crippen molar-refractivity contribution < 1.29 is 0 Å². The van der Waals surface area contributed by atoms with Gasteiger partial charge in [0.1, 0.15) is 0 Å². The summed E-state index contributed by atoms with van der Waals surface area (Å²) in [6.45, 7) is 5.11. The molecule has 4 rings (SSSR count). The van der Waals surface area contributed by atoms with Crippen molar-refractivity contribution in [2.24, 2.45) is 5.92 Å². The van der Waals surface area contributed by atoms with E-state index in [1.165, 1.54) is 51.1 Å². The first-order valence-corrected chi connectivity index (χ1v) is 6.78. The van der Waals surface area contributed by atoms with Crippen LogP contribution in [0.3, 0.4) is 0 Å². The topological polar surface area (TPSA) is 19.4 Å². The molecule has 1 aromatic rings. The molecule has 6 heteroatoms. The first-order chi connectivity index (χ1) is 8.38. The van der Waals surface area contributed by atoms with E-state index in [0.29, 0.717) is 5.54 Å². The molecule has 114 valence electrons. The van der Waals surface area contributed by atoms with Gasteiger partial charge in [0.2, 0.25) is 0 Å². The number of halogens is 3. The molecule has 0 saturated carbocycles. The number of anilines is 1. The molecule has 3 nitrogen and oxygen atoms in total. The second-order valence-corrected chi connectivity index (χ2v) is 5.75. The standard InChI is InChI=1S/C14H19N3.3ClH/c1-2-13(10-15-6-1)16-9-5-14(11-16)12-3-7-17(14)8-4-12;;;/h1-2,6,10,12H,3-5,7-9,11H2;3*1H. The van der Waals surface area contributed by atoms with Crippen LogP contribution in [-0.2, 0) is 0 Å². The molecule has 1 atom stereocenters. The zero-order chi connectivity index (χ0) is 11.3. The first kappa shape index (κ1) is 17.8. The van der Waals surface area contributed by atoms with E-state index in [9.17, 15) is 0 Å². The van der Waals surface area contributed by atoms with Crippen molar-refractivity contribution in [1.82, 2.24) is 9.88 Å². The Morgan fingerprint density at radius 3 is 2.40 bits per heavy atom. The van der Waals surface area contributed by atoms with Gasteiger partial charge in [-0.1, -0.05) is 0 Å². The van der Waals surface area contributed by atoms with Gasteiger partial charge in [0.15, 0.2) is 0 Å². The van der Waals surface area contributed by atoms with Crippen LogP contribution in [0, 0.1) is 5.92 Å². The molecular weight excluding hydrogens is 317 g/mol. The van der Waals surface area contributed by atoms with E-state index in [2.05, 4.69) is 20.9 Å². The highest BCUT2D eigenvalue weighted by Crippen LogP contribution is 2.49. The molecule has 0 aliphatic carbocycles. The van der Waals surface area contributed by atoms with Gasteiger partial charge in [-0.3, -0.25) is 9.88 Å². The third-order valence-corrected chi connectivity index (χ3v) is 5.18. The smallest absolute Gasteiger partial charge is 0.0553 e. The van der Waals surface area contributed by atoms with E-state index in [1.807, 2.05) is 18.5 Å². The van der Waals surface area contributed by atoms with Crippen molar-refractivity contribution in [3.63, 3.8) is 0 Å². The fourth-order valence-electron chi connectivity index (χ4n) is 4.29. The second-order valence-electron chi connectivity index (χ2n) is 5.75. The van der Waals surface area contributed by atoms with Crippen molar-refractivity contribution in [3.8, 4) is 0 Å². The predicted octanol–water partition coefficient (Wildman–Crippen LogP) is 3.02. The van der Waals surface area contributed by atoms with Crippen molar-refractivity contribution in [1.29, 1.82) is 0 Å². The molecule has 1 aromatic heterocycles. The Morgan fingerprint density at radius 1 is 1.10 bits per heavy atom. The number of aromatic nitrogens is 1. The maximum atomic E-state index is 4.24. The molecule has 0 amide bonds. The van der Waals surface area contributed by atoms with Crippen LogP contribution < -0.4 is 4.90 Å². The Kier molecular flexibility index (Phi) is 5.97. The molecule has 4 heterocycles. The molecule has 3 fully saturated rings. The van der Waals surface area contributed by atoms with E-state index >= 15 is 0 Å². The van der Waals surface area contributed by atoms with Crippen LogP contribution in [0.4, 0.5) is 5.69 Å². The Labute approximate surface area is 139 Å². The van der Waals surface area contributed by atoms with Gasteiger partial charge in [0.25, 0.3) is 0 Å². The van der Waals surface area contributed by atoms with Crippen molar-refractivity contribution in [2.75, 3.05) is 31.1 Å². The maximum absolute atomic E-state index is 4.24. The molecule has 0 radical (unpaired) electrons. The number of hydrogen-bond donors (Lipinski definition) is 0. The molecule has 20 heavy (non-hydrogen) atoms. The first-order valence-electron chi connectivity index (χ1n) is 6.78. The minimum atomic E-state index is 0. The Bertz CT molecular complexity index is 409. The maximum Gasteiger partial charge on any atom is 0.0553 e. The van der Waals surface area contributed by atoms with Gasteiger partial charge in [-0.25, -0.2) is 0 Å². The molecule has 3 aliphatic heterocycles. The van der Waals surface area contributed by atoms with Gasteiger partial charge in [-0.05, 0) is 50.4 Å². The molecule has 2 bridgehead atoms. The lowest BCUT2D eigenvalue weighted by molar-refractivity contribution is 0.194. The van der Waals surface area contributed by atoms with Crippen LogP contribution in [0.1, 0.15) is 19.3 Å². The largest absolute Gasteiger partial charge is 0.368 e. The summed E-state index contributed by atoms with van der Waals surface area (Å²) in [6, 6.07) is 4.24. The Morgan fingerprint density at radius 2 is 1.85 bits per heavy atom. The highest BCUT2D eigenvalue weighted by atomic mass is 35.5. The van der Waals surface area contributed by atoms with E-state index in [1.54, 1.807) is 0 Å². The summed E-state index contributed by atoms with van der Waals surface area (Å²) < 4.78 is 0. The summed E-state index contributed by atoms with van der Waals surface area (Å²) in [4.78, 5) is 9.53. The molecular formula is C14H22Cl3N3. The number of rotatable bonds is 1. The SMILES string of the molecule is Cl.Cl.Cl.c1cncc(N2CCC3(C2)C2CCN3CC2)c1. The van der Waals surface area contributed by atoms with E-state index in [4.69, 9.17) is 0 Å². The molecule has 1 spiro atoms. The monoisotopic (exact) mass is 337 g/mol. The van der Waals surface area contributed by atoms with Crippen molar-refractivity contribution in [2.45, 2.75) is 24.8 Å². The van der Waals surface area contributed by atoms with Crippen LogP contribution in [0.2, 0.25) is 0 Å². The van der Waals surface area contributed by atoms with Gasteiger partial charge >= 0.3 is 0 Å². The van der Waals surface area contributed by atoms with E-state index < -0.39 is 0 Å². The van der Waals surface area contributed by atoms with Crippen LogP contribution in [-0.4, -0.2) is 41.6 Å². The Balaban J connectivity index is 0.000000667. The minimum absolute atomic E-state index is 0. The summed E-state index contributed by atoms with van der Waals surface area (Å²) >= 11 is 0. The minimum Gasteiger partial charge on any atom is -0.368 e. The summed E-state index contributed by atoms with van der Waals surface area (Å²) in [5.74, 6) is 0.962. The number of piperidine rings is 1. The fraction of sp³-hybridized carbons (Fsp3) is 0.643. The third kappa shape index (κ3) is 2.50. The quantitative estimate of drug-likeness (QED) is 0.784. The highest BCUT2D eigenvalue weighted by molar-refractivity contribution is 5.86. The van der Waals surface area contributed by atoms with Gasteiger partial charge in [-0.15, -0.1) is 37.2 Å². The number of hydrogen-bond acceptors (Lipinski definition) is 3. The van der Waals surface area contributed by atoms with Crippen LogP contribution >= 0.6 is 37.2 Å². The molecule has 3 saturated heterocycles. The van der Waals surface area contributed by atoms with Gasteiger partial charge in [0.05, 0.1) is 11.9 Å². The van der Waals surface area contributed by atoms with Gasteiger partial charge < -0.3 is 4.90 Å². The predicted molar refractivity (Wildman–Crippen MR) is 89.8 cm³/mol. The summed E-state index contributed by atoms with van der Waals surface area (Å²) in [5.41, 5.74) is 1.83. The zero-order valence-corrected chi connectivity index (χ0v) is 13.9. The number of pyridine rings is 1. The summed E-state index contributed by atoms with van der Waals surface area (Å²) in [7, 11) is 0. The van der Waals surface area contributed by atoms with Crippen molar-refractivity contribution >= 4 is 42.9 Å². The molecule has 3 aliphatic rings. The summed E-state index contributed by atoms with van der Waals surface area (Å²) in [5, 5.41) is 0. The van der Waals surface area contributed by atoms with Gasteiger partial charge in [0, 0.05) is 24.8 Å². The average Bonchev–Trinajstić information content (AvgIpc) is 3.08. The highest BCUT2D eigenvalue weighted by Gasteiger charge is 2.55. The third-order valence-electron chi connectivity index (χ3n) is 5.18. The van der Waals surface area contributed by atoms with Gasteiger partial charge in [-0.2, -0.15) is 0 Å². The van der Waals surface area contributed by atoms with Crippen LogP contribution in [0.25, 0.3) is 0 Å². The van der Waals surface area contributed by atoms with Crippen LogP contribution in [0.5, 0.6) is 0 Å². The fourth-order valence-corrected chi connectivity index (χ4v) is 4.29. The van der Waals surface area contributed by atoms with Crippen molar-refractivity contribution in [3.05, 3.63) is 24.5 Å². The Hall–Kier alpha value is -0.220. The number of nitrogens with zero attached hydrogens (tertiary/aromatic N) is 3. The molecule has 0 aromatic carbocycles. The van der Waals surface area contributed by atoms with Crippen LogP contribution in [0.15, 0.2) is 24.5 Å². The lowest BCUT2D eigenvalue weighted by Gasteiger charge is -2.32.